The average molecular weight is 271 g/mol. The van der Waals surface area contributed by atoms with E-state index in [9.17, 15) is 0 Å². The molecule has 0 amide bonds. The molecule has 1 aromatic rings. The van der Waals surface area contributed by atoms with Gasteiger partial charge in [0.1, 0.15) is 0 Å². The first-order valence-electron chi connectivity index (χ1n) is 7.61. The fourth-order valence-corrected chi connectivity index (χ4v) is 2.40. The Hall–Kier alpha value is -1.30. The molecule has 0 aromatic heterocycles. The zero-order valence-electron chi connectivity index (χ0n) is 12.6. The van der Waals surface area contributed by atoms with Crippen LogP contribution in [0.3, 0.4) is 0 Å². The summed E-state index contributed by atoms with van der Waals surface area (Å²) in [7, 11) is 0. The molecule has 1 aliphatic carbocycles. The van der Waals surface area contributed by atoms with Gasteiger partial charge in [-0.3, -0.25) is 4.90 Å². The van der Waals surface area contributed by atoms with E-state index in [1.165, 1.54) is 24.9 Å². The van der Waals surface area contributed by atoms with Gasteiger partial charge in [0.25, 0.3) is 0 Å². The van der Waals surface area contributed by atoms with E-state index in [1.807, 2.05) is 0 Å². The van der Waals surface area contributed by atoms with Gasteiger partial charge in [-0.1, -0.05) is 37.8 Å². The van der Waals surface area contributed by atoms with Gasteiger partial charge in [-0.15, -0.1) is 0 Å². The lowest BCUT2D eigenvalue weighted by atomic mass is 10.1. The van der Waals surface area contributed by atoms with Gasteiger partial charge in [-0.05, 0) is 36.5 Å². The Balaban J connectivity index is 1.93. The fourth-order valence-electron chi connectivity index (χ4n) is 2.40. The van der Waals surface area contributed by atoms with Crippen LogP contribution in [0.25, 0.3) is 0 Å². The summed E-state index contributed by atoms with van der Waals surface area (Å²) < 4.78 is 0. The van der Waals surface area contributed by atoms with Crippen LogP contribution in [0.5, 0.6) is 0 Å². The number of benzene rings is 1. The van der Waals surface area contributed by atoms with Gasteiger partial charge in [0.15, 0.2) is 0 Å². The average Bonchev–Trinajstić information content (AvgIpc) is 3.24. The SMILES string of the molecule is CC(C)CN(Cc1ccc(C#CCCO)cc1)C1CC1. The van der Waals surface area contributed by atoms with E-state index in [0.29, 0.717) is 6.42 Å². The van der Waals surface area contributed by atoms with Gasteiger partial charge < -0.3 is 5.11 Å². The Morgan fingerprint density at radius 1 is 1.25 bits per heavy atom. The van der Waals surface area contributed by atoms with Crippen molar-refractivity contribution in [3.63, 3.8) is 0 Å². The van der Waals surface area contributed by atoms with E-state index < -0.39 is 0 Å². The number of rotatable bonds is 6. The summed E-state index contributed by atoms with van der Waals surface area (Å²) in [6, 6.07) is 9.33. The third-order valence-electron chi connectivity index (χ3n) is 3.47. The topological polar surface area (TPSA) is 23.5 Å². The van der Waals surface area contributed by atoms with Gasteiger partial charge in [-0.25, -0.2) is 0 Å². The van der Waals surface area contributed by atoms with E-state index in [4.69, 9.17) is 5.11 Å². The first kappa shape index (κ1) is 15.1. The van der Waals surface area contributed by atoms with Gasteiger partial charge in [0.2, 0.25) is 0 Å². The first-order chi connectivity index (χ1) is 9.69. The highest BCUT2D eigenvalue weighted by Gasteiger charge is 2.28. The van der Waals surface area contributed by atoms with Crippen LogP contribution >= 0.6 is 0 Å². The second-order valence-electron chi connectivity index (χ2n) is 6.03. The van der Waals surface area contributed by atoms with Gasteiger partial charge in [0, 0.05) is 31.1 Å². The van der Waals surface area contributed by atoms with Gasteiger partial charge in [0.05, 0.1) is 6.61 Å². The molecule has 1 aliphatic rings. The van der Waals surface area contributed by atoms with Crippen LogP contribution in [-0.4, -0.2) is 29.2 Å². The maximum Gasteiger partial charge on any atom is 0.0540 e. The summed E-state index contributed by atoms with van der Waals surface area (Å²) >= 11 is 0. The molecule has 0 bridgehead atoms. The van der Waals surface area contributed by atoms with Crippen LogP contribution in [0.15, 0.2) is 24.3 Å². The van der Waals surface area contributed by atoms with Crippen molar-refractivity contribution in [1.29, 1.82) is 0 Å². The molecule has 0 heterocycles. The van der Waals surface area contributed by atoms with Crippen LogP contribution in [-0.2, 0) is 6.54 Å². The van der Waals surface area contributed by atoms with Crippen LogP contribution in [0.4, 0.5) is 0 Å². The summed E-state index contributed by atoms with van der Waals surface area (Å²) in [5.74, 6) is 6.75. The molecule has 0 spiro atoms. The minimum Gasteiger partial charge on any atom is -0.395 e. The second-order valence-corrected chi connectivity index (χ2v) is 6.03. The molecule has 2 heteroatoms. The predicted molar refractivity (Wildman–Crippen MR) is 83.3 cm³/mol. The third kappa shape index (κ3) is 5.00. The smallest absolute Gasteiger partial charge is 0.0540 e. The quantitative estimate of drug-likeness (QED) is 0.804. The van der Waals surface area contributed by atoms with E-state index in [0.717, 1.165) is 24.1 Å². The Labute approximate surface area is 122 Å². The molecule has 0 unspecified atom stereocenters. The largest absolute Gasteiger partial charge is 0.395 e. The second kappa shape index (κ2) is 7.47. The fraction of sp³-hybridized carbons (Fsp3) is 0.556. The van der Waals surface area contributed by atoms with E-state index in [-0.39, 0.29) is 6.61 Å². The molecule has 1 aromatic carbocycles. The molecule has 2 nitrogen and oxygen atoms in total. The van der Waals surface area contributed by atoms with E-state index in [2.05, 4.69) is 54.9 Å². The summed E-state index contributed by atoms with van der Waals surface area (Å²) in [4.78, 5) is 2.61. The van der Waals surface area contributed by atoms with Crippen LogP contribution in [0, 0.1) is 17.8 Å². The van der Waals surface area contributed by atoms with Gasteiger partial charge in [-0.2, -0.15) is 0 Å². The molecule has 108 valence electrons. The molecule has 2 rings (SSSR count). The maximum absolute atomic E-state index is 8.71. The van der Waals surface area contributed by atoms with Crippen molar-refractivity contribution in [3.8, 4) is 11.8 Å². The zero-order chi connectivity index (χ0) is 14.4. The monoisotopic (exact) mass is 271 g/mol. The molecule has 1 N–H and O–H groups in total. The lowest BCUT2D eigenvalue weighted by Gasteiger charge is -2.24. The van der Waals surface area contributed by atoms with Crippen LogP contribution in [0.1, 0.15) is 44.2 Å². The van der Waals surface area contributed by atoms with Crippen molar-refractivity contribution in [2.45, 2.75) is 45.7 Å². The molecule has 0 aliphatic heterocycles. The molecule has 0 saturated heterocycles. The van der Waals surface area contributed by atoms with Crippen LogP contribution in [0.2, 0.25) is 0 Å². The van der Waals surface area contributed by atoms with Gasteiger partial charge >= 0.3 is 0 Å². The first-order valence-corrected chi connectivity index (χ1v) is 7.61. The Morgan fingerprint density at radius 2 is 1.95 bits per heavy atom. The Morgan fingerprint density at radius 3 is 2.50 bits per heavy atom. The highest BCUT2D eigenvalue weighted by Crippen LogP contribution is 2.29. The zero-order valence-corrected chi connectivity index (χ0v) is 12.6. The minimum atomic E-state index is 0.136. The van der Waals surface area contributed by atoms with E-state index >= 15 is 0 Å². The lowest BCUT2D eigenvalue weighted by Crippen LogP contribution is -2.29. The molecule has 0 radical (unpaired) electrons. The van der Waals surface area contributed by atoms with E-state index in [1.54, 1.807) is 0 Å². The molecular formula is C18H25NO. The highest BCUT2D eigenvalue weighted by molar-refractivity contribution is 5.36. The normalized spacial score (nSPS) is 14.4. The lowest BCUT2D eigenvalue weighted by molar-refractivity contribution is 0.226. The molecule has 20 heavy (non-hydrogen) atoms. The summed E-state index contributed by atoms with van der Waals surface area (Å²) in [6.07, 6.45) is 3.26. The van der Waals surface area contributed by atoms with Crippen molar-refractivity contribution in [3.05, 3.63) is 35.4 Å². The molecule has 1 saturated carbocycles. The number of aliphatic hydroxyl groups excluding tert-OH is 1. The minimum absolute atomic E-state index is 0.136. The molecular weight excluding hydrogens is 246 g/mol. The summed E-state index contributed by atoms with van der Waals surface area (Å²) in [5.41, 5.74) is 2.40. The Kier molecular flexibility index (Phi) is 5.64. The predicted octanol–water partition coefficient (Wildman–Crippen LogP) is 3.04. The Bertz CT molecular complexity index is 462. The van der Waals surface area contributed by atoms with Crippen molar-refractivity contribution < 1.29 is 5.11 Å². The molecule has 1 fully saturated rings. The third-order valence-corrected chi connectivity index (χ3v) is 3.47. The van der Waals surface area contributed by atoms with Crippen molar-refractivity contribution in [2.75, 3.05) is 13.2 Å². The maximum atomic E-state index is 8.71. The summed E-state index contributed by atoms with van der Waals surface area (Å²) in [5, 5.41) is 8.71. The number of hydrogen-bond acceptors (Lipinski definition) is 2. The van der Waals surface area contributed by atoms with Crippen molar-refractivity contribution in [2.24, 2.45) is 5.92 Å². The number of aliphatic hydroxyl groups is 1. The highest BCUT2D eigenvalue weighted by atomic mass is 16.2. The standard InChI is InChI=1S/C18H25NO/c1-15(2)13-19(18-10-11-18)14-17-8-6-16(7-9-17)5-3-4-12-20/h6-9,15,18,20H,4,10-14H2,1-2H3. The number of hydrogen-bond donors (Lipinski definition) is 1. The summed E-state index contributed by atoms with van der Waals surface area (Å²) in [6.45, 7) is 6.94. The van der Waals surface area contributed by atoms with Crippen molar-refractivity contribution in [1.82, 2.24) is 4.90 Å². The molecule has 0 atom stereocenters. The van der Waals surface area contributed by atoms with Crippen LogP contribution < -0.4 is 0 Å². The number of nitrogens with zero attached hydrogens (tertiary/aromatic N) is 1. The van der Waals surface area contributed by atoms with Crippen molar-refractivity contribution >= 4 is 0 Å².